The summed E-state index contributed by atoms with van der Waals surface area (Å²) in [6.07, 6.45) is 2.83. The number of ether oxygens (including phenoxy) is 4. The van der Waals surface area contributed by atoms with Gasteiger partial charge in [0.2, 0.25) is 0 Å². The maximum Gasteiger partial charge on any atom is 0.333 e. The Bertz CT molecular complexity index is 995. The minimum absolute atomic E-state index is 0.225. The van der Waals surface area contributed by atoms with E-state index in [2.05, 4.69) is 42.3 Å². The SMILES string of the molecule is C=CC(=O)OCCN(c1ccc(CCOC(=O)C(=C)C)cc1)c1ccc(CCOC2COC2)cc1. The van der Waals surface area contributed by atoms with Gasteiger partial charge >= 0.3 is 11.9 Å². The Balaban J connectivity index is 1.63. The van der Waals surface area contributed by atoms with Crippen LogP contribution in [0.15, 0.2) is 73.3 Å². The molecule has 0 aromatic heterocycles. The summed E-state index contributed by atoms with van der Waals surface area (Å²) in [4.78, 5) is 25.1. The third-order valence-corrected chi connectivity index (χ3v) is 5.55. The number of esters is 2. The van der Waals surface area contributed by atoms with Crippen LogP contribution in [-0.4, -0.2) is 57.6 Å². The van der Waals surface area contributed by atoms with E-state index in [1.165, 1.54) is 5.56 Å². The predicted octanol–water partition coefficient (Wildman–Crippen LogP) is 4.17. The Morgan fingerprint density at radius 1 is 0.943 bits per heavy atom. The lowest BCUT2D eigenvalue weighted by Gasteiger charge is -2.26. The largest absolute Gasteiger partial charge is 0.462 e. The second-order valence-electron chi connectivity index (χ2n) is 8.30. The van der Waals surface area contributed by atoms with Gasteiger partial charge in [-0.1, -0.05) is 37.4 Å². The van der Waals surface area contributed by atoms with Crippen molar-refractivity contribution in [2.75, 3.05) is 44.5 Å². The van der Waals surface area contributed by atoms with Crippen molar-refractivity contribution in [2.45, 2.75) is 25.9 Å². The van der Waals surface area contributed by atoms with Gasteiger partial charge in [0, 0.05) is 29.4 Å². The van der Waals surface area contributed by atoms with Crippen LogP contribution < -0.4 is 4.90 Å². The van der Waals surface area contributed by atoms with Gasteiger partial charge in [0.05, 0.1) is 33.0 Å². The zero-order valence-corrected chi connectivity index (χ0v) is 20.2. The van der Waals surface area contributed by atoms with Gasteiger partial charge in [-0.05, 0) is 48.7 Å². The fourth-order valence-electron chi connectivity index (χ4n) is 3.43. The van der Waals surface area contributed by atoms with Crippen molar-refractivity contribution in [2.24, 2.45) is 0 Å². The number of hydrogen-bond acceptors (Lipinski definition) is 7. The van der Waals surface area contributed by atoms with E-state index in [0.29, 0.717) is 45.0 Å². The van der Waals surface area contributed by atoms with Crippen molar-refractivity contribution in [1.29, 1.82) is 0 Å². The summed E-state index contributed by atoms with van der Waals surface area (Å²) < 4.78 is 21.3. The van der Waals surface area contributed by atoms with E-state index in [1.807, 2.05) is 24.3 Å². The number of rotatable bonds is 14. The molecule has 0 aliphatic carbocycles. The Morgan fingerprint density at radius 3 is 2.00 bits per heavy atom. The number of carbonyl (C=O) groups is 2. The molecule has 0 bridgehead atoms. The van der Waals surface area contributed by atoms with E-state index < -0.39 is 5.97 Å². The molecule has 35 heavy (non-hydrogen) atoms. The molecule has 0 N–H and O–H groups in total. The quantitative estimate of drug-likeness (QED) is 0.297. The highest BCUT2D eigenvalue weighted by Gasteiger charge is 2.18. The Morgan fingerprint density at radius 2 is 1.51 bits per heavy atom. The first-order valence-corrected chi connectivity index (χ1v) is 11.7. The third kappa shape index (κ3) is 8.38. The Hall–Kier alpha value is -3.42. The highest BCUT2D eigenvalue weighted by molar-refractivity contribution is 5.86. The second kappa shape index (κ2) is 13.5. The van der Waals surface area contributed by atoms with Crippen molar-refractivity contribution in [1.82, 2.24) is 0 Å². The summed E-state index contributed by atoms with van der Waals surface area (Å²) in [5.41, 5.74) is 4.57. The molecule has 2 aromatic carbocycles. The summed E-state index contributed by atoms with van der Waals surface area (Å²) in [5.74, 6) is -0.828. The van der Waals surface area contributed by atoms with Gasteiger partial charge in [0.25, 0.3) is 0 Å². The Kier molecular flexibility index (Phi) is 10.1. The number of nitrogens with zero attached hydrogens (tertiary/aromatic N) is 1. The summed E-state index contributed by atoms with van der Waals surface area (Å²) >= 11 is 0. The summed E-state index contributed by atoms with van der Waals surface area (Å²) in [7, 11) is 0. The number of hydrogen-bond donors (Lipinski definition) is 0. The topological polar surface area (TPSA) is 74.3 Å². The van der Waals surface area contributed by atoms with Crippen molar-refractivity contribution >= 4 is 23.3 Å². The van der Waals surface area contributed by atoms with Gasteiger partial charge in [-0.2, -0.15) is 0 Å². The molecule has 2 aromatic rings. The molecule has 3 rings (SSSR count). The van der Waals surface area contributed by atoms with E-state index in [9.17, 15) is 9.59 Å². The first-order valence-electron chi connectivity index (χ1n) is 11.7. The lowest BCUT2D eigenvalue weighted by atomic mass is 10.1. The van der Waals surface area contributed by atoms with Gasteiger partial charge in [-0.15, -0.1) is 0 Å². The highest BCUT2D eigenvalue weighted by Crippen LogP contribution is 2.26. The van der Waals surface area contributed by atoms with Crippen LogP contribution in [0.25, 0.3) is 0 Å². The first-order chi connectivity index (χ1) is 17.0. The molecule has 1 fully saturated rings. The maximum atomic E-state index is 11.5. The maximum absolute atomic E-state index is 11.5. The van der Waals surface area contributed by atoms with Crippen LogP contribution >= 0.6 is 0 Å². The molecular weight excluding hydrogens is 446 g/mol. The molecule has 186 valence electrons. The Labute approximate surface area is 206 Å². The van der Waals surface area contributed by atoms with Crippen LogP contribution in [0.5, 0.6) is 0 Å². The van der Waals surface area contributed by atoms with E-state index >= 15 is 0 Å². The predicted molar refractivity (Wildman–Crippen MR) is 135 cm³/mol. The lowest BCUT2D eigenvalue weighted by molar-refractivity contribution is -0.139. The molecule has 0 unspecified atom stereocenters. The van der Waals surface area contributed by atoms with Crippen molar-refractivity contribution in [3.05, 3.63) is 84.5 Å². The van der Waals surface area contributed by atoms with E-state index in [-0.39, 0.29) is 18.7 Å². The van der Waals surface area contributed by atoms with Crippen molar-refractivity contribution in [3.63, 3.8) is 0 Å². The molecular formula is C28H33NO6. The van der Waals surface area contributed by atoms with Crippen LogP contribution in [0, 0.1) is 0 Å². The molecule has 7 nitrogen and oxygen atoms in total. The van der Waals surface area contributed by atoms with Crippen molar-refractivity contribution < 1.29 is 28.5 Å². The third-order valence-electron chi connectivity index (χ3n) is 5.55. The normalized spacial score (nSPS) is 12.9. The number of anilines is 2. The molecule has 1 heterocycles. The van der Waals surface area contributed by atoms with Gasteiger partial charge in [0.15, 0.2) is 0 Å². The van der Waals surface area contributed by atoms with Gasteiger partial charge in [-0.3, -0.25) is 0 Å². The van der Waals surface area contributed by atoms with E-state index in [1.54, 1.807) is 6.92 Å². The van der Waals surface area contributed by atoms with Crippen LogP contribution in [0.2, 0.25) is 0 Å². The van der Waals surface area contributed by atoms with Crippen molar-refractivity contribution in [3.8, 4) is 0 Å². The molecule has 1 saturated heterocycles. The molecule has 0 radical (unpaired) electrons. The lowest BCUT2D eigenvalue weighted by Crippen LogP contribution is -2.36. The van der Waals surface area contributed by atoms with Crippen LogP contribution in [-0.2, 0) is 41.4 Å². The average Bonchev–Trinajstić information content (AvgIpc) is 2.84. The number of benzene rings is 2. The highest BCUT2D eigenvalue weighted by atomic mass is 16.6. The first kappa shape index (κ1) is 26.2. The molecule has 0 amide bonds. The fraction of sp³-hybridized carbons (Fsp3) is 0.357. The van der Waals surface area contributed by atoms with Gasteiger partial charge in [0.1, 0.15) is 12.7 Å². The summed E-state index contributed by atoms with van der Waals surface area (Å²) in [6, 6.07) is 16.3. The smallest absolute Gasteiger partial charge is 0.333 e. The molecule has 1 aliphatic rings. The second-order valence-corrected chi connectivity index (χ2v) is 8.30. The van der Waals surface area contributed by atoms with Crippen LogP contribution in [0.1, 0.15) is 18.1 Å². The standard InChI is InChI=1S/C28H33NO6/c1-4-27(30)34-18-15-29(24-9-5-22(6-10-24)13-16-33-26-19-32-20-26)25-11-7-23(8-12-25)14-17-35-28(31)21(2)3/h4-12,26H,1-2,13-20H2,3H3. The number of carbonyl (C=O) groups excluding carboxylic acids is 2. The molecule has 0 spiro atoms. The van der Waals surface area contributed by atoms with E-state index in [4.69, 9.17) is 18.9 Å². The van der Waals surface area contributed by atoms with Gasteiger partial charge < -0.3 is 23.8 Å². The van der Waals surface area contributed by atoms with Gasteiger partial charge in [-0.25, -0.2) is 9.59 Å². The van der Waals surface area contributed by atoms with E-state index in [0.717, 1.165) is 29.4 Å². The average molecular weight is 480 g/mol. The summed E-state index contributed by atoms with van der Waals surface area (Å²) in [6.45, 7) is 11.7. The monoisotopic (exact) mass is 479 g/mol. The van der Waals surface area contributed by atoms with Crippen LogP contribution in [0.3, 0.4) is 0 Å². The molecule has 0 saturated carbocycles. The minimum Gasteiger partial charge on any atom is -0.462 e. The zero-order chi connectivity index (χ0) is 25.0. The minimum atomic E-state index is -0.447. The fourth-order valence-corrected chi connectivity index (χ4v) is 3.43. The molecule has 7 heteroatoms. The molecule has 0 atom stereocenters. The zero-order valence-electron chi connectivity index (χ0n) is 20.2. The van der Waals surface area contributed by atoms with Crippen LogP contribution in [0.4, 0.5) is 11.4 Å². The summed E-state index contributed by atoms with van der Waals surface area (Å²) in [5, 5.41) is 0. The molecule has 1 aliphatic heterocycles.